The maximum atomic E-state index is 12.9. The number of rotatable bonds is 4. The van der Waals surface area contributed by atoms with Gasteiger partial charge in [0.05, 0.1) is 5.75 Å². The van der Waals surface area contributed by atoms with Crippen LogP contribution in [0.25, 0.3) is 11.5 Å². The maximum Gasteiger partial charge on any atom is 0.277 e. The zero-order valence-electron chi connectivity index (χ0n) is 15.4. The normalized spacial score (nSPS) is 16.2. The molecule has 0 saturated heterocycles. The van der Waals surface area contributed by atoms with Gasteiger partial charge in [-0.15, -0.1) is 10.2 Å². The second kappa shape index (κ2) is 7.56. The molecule has 2 heterocycles. The third kappa shape index (κ3) is 3.62. The molecule has 0 bridgehead atoms. The molecular formula is C21H21N3O2S. The Morgan fingerprint density at radius 1 is 1.19 bits per heavy atom. The highest BCUT2D eigenvalue weighted by Crippen LogP contribution is 2.32. The van der Waals surface area contributed by atoms with Crippen LogP contribution in [0.1, 0.15) is 24.5 Å². The first-order valence-corrected chi connectivity index (χ1v) is 10.0. The number of fused-ring (bicyclic) bond motifs is 1. The third-order valence-electron chi connectivity index (χ3n) is 4.89. The molecule has 27 heavy (non-hydrogen) atoms. The second-order valence-electron chi connectivity index (χ2n) is 6.76. The number of aromatic nitrogens is 2. The Hall–Kier alpha value is -2.60. The summed E-state index contributed by atoms with van der Waals surface area (Å²) in [6.45, 7) is 4.10. The summed E-state index contributed by atoms with van der Waals surface area (Å²) in [4.78, 5) is 14.8. The summed E-state index contributed by atoms with van der Waals surface area (Å²) in [5, 5.41) is 8.63. The number of anilines is 1. The lowest BCUT2D eigenvalue weighted by molar-refractivity contribution is -0.116. The van der Waals surface area contributed by atoms with E-state index in [0.29, 0.717) is 11.1 Å². The molecule has 1 atom stereocenters. The van der Waals surface area contributed by atoms with E-state index < -0.39 is 0 Å². The maximum absolute atomic E-state index is 12.9. The second-order valence-corrected chi connectivity index (χ2v) is 7.68. The highest BCUT2D eigenvalue weighted by molar-refractivity contribution is 7.99. The molecule has 6 heteroatoms. The fraction of sp³-hybridized carbons (Fsp3) is 0.286. The highest BCUT2D eigenvalue weighted by Gasteiger charge is 2.28. The van der Waals surface area contributed by atoms with Gasteiger partial charge in [0, 0.05) is 17.3 Å². The molecule has 1 aliphatic rings. The average Bonchev–Trinajstić information content (AvgIpc) is 3.15. The van der Waals surface area contributed by atoms with Crippen molar-refractivity contribution in [1.82, 2.24) is 10.2 Å². The molecule has 0 fully saturated rings. The molecule has 0 spiro atoms. The minimum absolute atomic E-state index is 0.0651. The topological polar surface area (TPSA) is 59.2 Å². The zero-order valence-corrected chi connectivity index (χ0v) is 16.2. The lowest BCUT2D eigenvalue weighted by Crippen LogP contribution is -2.43. The number of carbonyl (C=O) groups excluding carboxylic acids is 1. The van der Waals surface area contributed by atoms with Gasteiger partial charge in [-0.25, -0.2) is 0 Å². The van der Waals surface area contributed by atoms with E-state index in [1.165, 1.54) is 17.3 Å². The quantitative estimate of drug-likeness (QED) is 0.625. The van der Waals surface area contributed by atoms with Crippen molar-refractivity contribution in [2.75, 3.05) is 10.7 Å². The first-order chi connectivity index (χ1) is 13.1. The molecule has 138 valence electrons. The van der Waals surface area contributed by atoms with Gasteiger partial charge in [-0.1, -0.05) is 48.2 Å². The molecule has 0 radical (unpaired) electrons. The van der Waals surface area contributed by atoms with Gasteiger partial charge < -0.3 is 9.32 Å². The number of carbonyl (C=O) groups is 1. The summed E-state index contributed by atoms with van der Waals surface area (Å²) >= 11 is 1.29. The minimum Gasteiger partial charge on any atom is -0.411 e. The lowest BCUT2D eigenvalue weighted by Gasteiger charge is -2.35. The van der Waals surface area contributed by atoms with Crippen molar-refractivity contribution >= 4 is 23.4 Å². The van der Waals surface area contributed by atoms with Crippen LogP contribution >= 0.6 is 11.8 Å². The Morgan fingerprint density at radius 3 is 2.81 bits per heavy atom. The van der Waals surface area contributed by atoms with Crippen molar-refractivity contribution in [3.05, 3.63) is 59.7 Å². The van der Waals surface area contributed by atoms with Crippen molar-refractivity contribution in [3.8, 4) is 11.5 Å². The Labute approximate surface area is 162 Å². The summed E-state index contributed by atoms with van der Waals surface area (Å²) in [7, 11) is 0. The Bertz CT molecular complexity index is 969. The number of nitrogens with zero attached hydrogens (tertiary/aromatic N) is 3. The predicted molar refractivity (Wildman–Crippen MR) is 107 cm³/mol. The molecule has 1 aliphatic heterocycles. The van der Waals surface area contributed by atoms with Gasteiger partial charge in [-0.3, -0.25) is 4.79 Å². The van der Waals surface area contributed by atoms with Gasteiger partial charge in [-0.05, 0) is 49.9 Å². The molecule has 0 N–H and O–H groups in total. The number of benzene rings is 2. The average molecular weight is 379 g/mol. The Morgan fingerprint density at radius 2 is 1.96 bits per heavy atom. The van der Waals surface area contributed by atoms with Crippen molar-refractivity contribution in [2.24, 2.45) is 0 Å². The van der Waals surface area contributed by atoms with Gasteiger partial charge in [-0.2, -0.15) is 0 Å². The molecule has 1 amide bonds. The van der Waals surface area contributed by atoms with Gasteiger partial charge in [0.25, 0.3) is 5.22 Å². The van der Waals surface area contributed by atoms with E-state index in [1.54, 1.807) is 0 Å². The lowest BCUT2D eigenvalue weighted by atomic mass is 9.97. The van der Waals surface area contributed by atoms with Crippen LogP contribution in [0.15, 0.2) is 58.2 Å². The van der Waals surface area contributed by atoms with Gasteiger partial charge >= 0.3 is 0 Å². The Balaban J connectivity index is 1.47. The molecule has 1 unspecified atom stereocenters. The monoisotopic (exact) mass is 379 g/mol. The third-order valence-corrected chi connectivity index (χ3v) is 5.70. The number of hydrogen-bond acceptors (Lipinski definition) is 5. The molecule has 0 aliphatic carbocycles. The molecule has 1 aromatic heterocycles. The van der Waals surface area contributed by atoms with Crippen LogP contribution in [-0.4, -0.2) is 27.9 Å². The number of thioether (sulfide) groups is 1. The summed E-state index contributed by atoms with van der Waals surface area (Å²) in [6, 6.07) is 16.2. The SMILES string of the molecule is Cc1ccccc1-c1nnc(SCC(=O)N2c3ccccc3CCC2C)o1. The van der Waals surface area contributed by atoms with E-state index in [4.69, 9.17) is 4.42 Å². The zero-order chi connectivity index (χ0) is 18.8. The van der Waals surface area contributed by atoms with Crippen molar-refractivity contribution in [2.45, 2.75) is 38.0 Å². The number of para-hydroxylation sites is 1. The summed E-state index contributed by atoms with van der Waals surface area (Å²) in [6.07, 6.45) is 1.99. The van der Waals surface area contributed by atoms with Crippen LogP contribution in [0.2, 0.25) is 0 Å². The summed E-state index contributed by atoms with van der Waals surface area (Å²) < 4.78 is 5.75. The van der Waals surface area contributed by atoms with Crippen molar-refractivity contribution < 1.29 is 9.21 Å². The van der Waals surface area contributed by atoms with Crippen LogP contribution in [-0.2, 0) is 11.2 Å². The standard InChI is InChI=1S/C21H21N3O2S/c1-14-7-3-5-9-17(14)20-22-23-21(26-20)27-13-19(25)24-15(2)11-12-16-8-4-6-10-18(16)24/h3-10,15H,11-13H2,1-2H3. The highest BCUT2D eigenvalue weighted by atomic mass is 32.2. The van der Waals surface area contributed by atoms with Crippen LogP contribution < -0.4 is 4.90 Å². The van der Waals surface area contributed by atoms with E-state index in [2.05, 4.69) is 23.2 Å². The fourth-order valence-electron chi connectivity index (χ4n) is 3.45. The van der Waals surface area contributed by atoms with Crippen LogP contribution in [0, 0.1) is 6.92 Å². The minimum atomic E-state index is 0.0651. The summed E-state index contributed by atoms with van der Waals surface area (Å²) in [5.41, 5.74) is 4.25. The van der Waals surface area contributed by atoms with E-state index in [1.807, 2.05) is 54.3 Å². The van der Waals surface area contributed by atoms with E-state index in [-0.39, 0.29) is 17.7 Å². The molecular weight excluding hydrogens is 358 g/mol. The molecule has 3 aromatic rings. The predicted octanol–water partition coefficient (Wildman–Crippen LogP) is 4.51. The Kier molecular flexibility index (Phi) is 4.99. The number of aryl methyl sites for hydroxylation is 2. The fourth-order valence-corrected chi connectivity index (χ4v) is 4.07. The van der Waals surface area contributed by atoms with Crippen molar-refractivity contribution in [3.63, 3.8) is 0 Å². The van der Waals surface area contributed by atoms with Crippen LogP contribution in [0.5, 0.6) is 0 Å². The smallest absolute Gasteiger partial charge is 0.277 e. The van der Waals surface area contributed by atoms with Crippen molar-refractivity contribution in [1.29, 1.82) is 0 Å². The van der Waals surface area contributed by atoms with Gasteiger partial charge in [0.2, 0.25) is 11.8 Å². The number of hydrogen-bond donors (Lipinski definition) is 0. The van der Waals surface area contributed by atoms with Crippen LogP contribution in [0.4, 0.5) is 5.69 Å². The molecule has 4 rings (SSSR count). The van der Waals surface area contributed by atoms with Crippen LogP contribution in [0.3, 0.4) is 0 Å². The van der Waals surface area contributed by atoms with E-state index >= 15 is 0 Å². The first-order valence-electron chi connectivity index (χ1n) is 9.06. The van der Waals surface area contributed by atoms with E-state index in [9.17, 15) is 4.79 Å². The first kappa shape index (κ1) is 17.8. The molecule has 0 saturated carbocycles. The molecule has 2 aromatic carbocycles. The van der Waals surface area contributed by atoms with E-state index in [0.717, 1.165) is 29.7 Å². The summed E-state index contributed by atoms with van der Waals surface area (Å²) in [5.74, 6) is 0.823. The largest absolute Gasteiger partial charge is 0.411 e. The van der Waals surface area contributed by atoms with Gasteiger partial charge in [0.15, 0.2) is 0 Å². The van der Waals surface area contributed by atoms with Gasteiger partial charge in [0.1, 0.15) is 0 Å². The molecule has 5 nitrogen and oxygen atoms in total. The number of amides is 1.